The van der Waals surface area contributed by atoms with Crippen LogP contribution in [0.1, 0.15) is 40.0 Å². The van der Waals surface area contributed by atoms with E-state index in [0.29, 0.717) is 6.04 Å². The molecule has 3 nitrogen and oxygen atoms in total. The summed E-state index contributed by atoms with van der Waals surface area (Å²) in [5.41, 5.74) is 2.65. The second-order valence-electron chi connectivity index (χ2n) is 4.72. The molecule has 1 unspecified atom stereocenters. The highest BCUT2D eigenvalue weighted by molar-refractivity contribution is 7.11. The van der Waals surface area contributed by atoms with E-state index in [0.717, 1.165) is 11.6 Å². The lowest BCUT2D eigenvalue weighted by Gasteiger charge is -2.24. The third-order valence-corrected chi connectivity index (χ3v) is 4.30. The maximum Gasteiger partial charge on any atom is 0.0897 e. The summed E-state index contributed by atoms with van der Waals surface area (Å²) in [4.78, 5) is 10.1. The summed E-state index contributed by atoms with van der Waals surface area (Å²) in [6, 6.07) is 4.64. The van der Waals surface area contributed by atoms with Crippen LogP contribution < -0.4 is 5.32 Å². The van der Waals surface area contributed by atoms with Crippen molar-refractivity contribution in [2.24, 2.45) is 0 Å². The van der Waals surface area contributed by atoms with Crippen molar-refractivity contribution < 1.29 is 0 Å². The van der Waals surface area contributed by atoms with Gasteiger partial charge in [-0.25, -0.2) is 4.98 Å². The zero-order chi connectivity index (χ0) is 12.4. The first-order valence-corrected chi connectivity index (χ1v) is 7.23. The number of aryl methyl sites for hydroxylation is 2. The summed E-state index contributed by atoms with van der Waals surface area (Å²) in [7, 11) is 0. The van der Waals surface area contributed by atoms with E-state index in [1.807, 2.05) is 25.4 Å². The summed E-state index contributed by atoms with van der Waals surface area (Å²) in [6.07, 6.45) is 7.46. The molecule has 0 spiro atoms. The Hall–Kier alpha value is -1.26. The number of nitrogens with one attached hydrogen (secondary N) is 1. The van der Waals surface area contributed by atoms with Crippen LogP contribution in [-0.2, 0) is 13.0 Å². The molecular formula is C14H17N3S. The molecule has 2 aromatic heterocycles. The van der Waals surface area contributed by atoms with Gasteiger partial charge in [0, 0.05) is 23.8 Å². The van der Waals surface area contributed by atoms with Gasteiger partial charge in [-0.2, -0.15) is 0 Å². The average Bonchev–Trinajstić information content (AvgIpc) is 2.82. The van der Waals surface area contributed by atoms with Crippen molar-refractivity contribution in [2.45, 2.75) is 38.8 Å². The first-order valence-electron chi connectivity index (χ1n) is 6.41. The fourth-order valence-electron chi connectivity index (χ4n) is 2.52. The smallest absolute Gasteiger partial charge is 0.0897 e. The van der Waals surface area contributed by atoms with E-state index in [2.05, 4.69) is 21.4 Å². The second kappa shape index (κ2) is 5.16. The van der Waals surface area contributed by atoms with E-state index >= 15 is 0 Å². The second-order valence-corrected chi connectivity index (χ2v) is 6.04. The highest BCUT2D eigenvalue weighted by atomic mass is 32.1. The lowest BCUT2D eigenvalue weighted by molar-refractivity contribution is 0.449. The number of nitrogens with zero attached hydrogens (tertiary/aromatic N) is 2. The molecule has 4 heteroatoms. The summed E-state index contributed by atoms with van der Waals surface area (Å²) in [6.45, 7) is 2.94. The number of hydrogen-bond donors (Lipinski definition) is 1. The molecule has 0 saturated carbocycles. The Morgan fingerprint density at radius 2 is 2.39 bits per heavy atom. The van der Waals surface area contributed by atoms with Crippen molar-refractivity contribution >= 4 is 11.3 Å². The van der Waals surface area contributed by atoms with Crippen LogP contribution in [0, 0.1) is 6.92 Å². The van der Waals surface area contributed by atoms with Crippen LogP contribution in [0.15, 0.2) is 24.5 Å². The molecule has 0 radical (unpaired) electrons. The quantitative estimate of drug-likeness (QED) is 0.920. The molecule has 1 atom stereocenters. The molecule has 2 aromatic rings. The lowest BCUT2D eigenvalue weighted by Crippen LogP contribution is -2.25. The fourth-order valence-corrected chi connectivity index (χ4v) is 3.26. The van der Waals surface area contributed by atoms with Gasteiger partial charge in [0.2, 0.25) is 0 Å². The van der Waals surface area contributed by atoms with Gasteiger partial charge in [-0.3, -0.25) is 4.98 Å². The molecule has 0 amide bonds. The Labute approximate surface area is 111 Å². The molecule has 0 bridgehead atoms. The Morgan fingerprint density at radius 1 is 1.44 bits per heavy atom. The van der Waals surface area contributed by atoms with Gasteiger partial charge in [0.1, 0.15) is 0 Å². The van der Waals surface area contributed by atoms with E-state index in [4.69, 9.17) is 0 Å². The van der Waals surface area contributed by atoms with Crippen molar-refractivity contribution in [3.8, 4) is 0 Å². The van der Waals surface area contributed by atoms with Gasteiger partial charge in [-0.05, 0) is 37.8 Å². The maximum absolute atomic E-state index is 4.54. The minimum absolute atomic E-state index is 0.400. The van der Waals surface area contributed by atoms with Gasteiger partial charge in [0.05, 0.1) is 16.7 Å². The SMILES string of the molecule is Cc1ncc(CNC2CCCc3cccnc32)s1. The topological polar surface area (TPSA) is 37.8 Å². The van der Waals surface area contributed by atoms with Crippen LogP contribution in [0.3, 0.4) is 0 Å². The van der Waals surface area contributed by atoms with E-state index in [-0.39, 0.29) is 0 Å². The summed E-state index contributed by atoms with van der Waals surface area (Å²) in [5.74, 6) is 0. The van der Waals surface area contributed by atoms with Crippen molar-refractivity contribution in [3.05, 3.63) is 45.7 Å². The van der Waals surface area contributed by atoms with E-state index in [1.165, 1.54) is 35.4 Å². The molecule has 94 valence electrons. The molecular weight excluding hydrogens is 242 g/mol. The average molecular weight is 259 g/mol. The monoisotopic (exact) mass is 259 g/mol. The molecule has 1 N–H and O–H groups in total. The summed E-state index contributed by atoms with van der Waals surface area (Å²) >= 11 is 1.76. The Kier molecular flexibility index (Phi) is 3.39. The lowest BCUT2D eigenvalue weighted by atomic mass is 9.92. The van der Waals surface area contributed by atoms with Crippen LogP contribution in [-0.4, -0.2) is 9.97 Å². The van der Waals surface area contributed by atoms with Crippen LogP contribution >= 0.6 is 11.3 Å². The largest absolute Gasteiger partial charge is 0.304 e. The molecule has 2 heterocycles. The molecule has 1 aliphatic rings. The van der Waals surface area contributed by atoms with Crippen LogP contribution in [0.4, 0.5) is 0 Å². The standard InChI is InChI=1S/C14H17N3S/c1-10-16-8-12(18-10)9-17-13-6-2-4-11-5-3-7-15-14(11)13/h3,5,7-8,13,17H,2,4,6,9H2,1H3. The third-order valence-electron chi connectivity index (χ3n) is 3.39. The van der Waals surface area contributed by atoms with E-state index in [9.17, 15) is 0 Å². The molecule has 0 saturated heterocycles. The Balaban J connectivity index is 1.71. The van der Waals surface area contributed by atoms with Gasteiger partial charge >= 0.3 is 0 Å². The minimum atomic E-state index is 0.400. The van der Waals surface area contributed by atoms with Gasteiger partial charge in [0.15, 0.2) is 0 Å². The molecule has 18 heavy (non-hydrogen) atoms. The Morgan fingerprint density at radius 3 is 3.22 bits per heavy atom. The normalized spacial score (nSPS) is 18.6. The highest BCUT2D eigenvalue weighted by Crippen LogP contribution is 2.28. The molecule has 0 aliphatic heterocycles. The highest BCUT2D eigenvalue weighted by Gasteiger charge is 2.20. The van der Waals surface area contributed by atoms with Gasteiger partial charge in [0.25, 0.3) is 0 Å². The van der Waals surface area contributed by atoms with E-state index in [1.54, 1.807) is 11.3 Å². The number of pyridine rings is 1. The van der Waals surface area contributed by atoms with E-state index < -0.39 is 0 Å². The van der Waals surface area contributed by atoms with Crippen LogP contribution in [0.5, 0.6) is 0 Å². The van der Waals surface area contributed by atoms with Crippen molar-refractivity contribution in [1.29, 1.82) is 0 Å². The first-order chi connectivity index (χ1) is 8.83. The minimum Gasteiger partial charge on any atom is -0.304 e. The fraction of sp³-hybridized carbons (Fsp3) is 0.429. The van der Waals surface area contributed by atoms with Gasteiger partial charge < -0.3 is 5.32 Å². The van der Waals surface area contributed by atoms with Gasteiger partial charge in [-0.15, -0.1) is 11.3 Å². The number of aromatic nitrogens is 2. The molecule has 0 aromatic carbocycles. The van der Waals surface area contributed by atoms with Crippen molar-refractivity contribution in [3.63, 3.8) is 0 Å². The number of thiazole rings is 1. The maximum atomic E-state index is 4.54. The zero-order valence-electron chi connectivity index (χ0n) is 10.5. The third kappa shape index (κ3) is 2.44. The molecule has 1 aliphatic carbocycles. The van der Waals surface area contributed by atoms with Crippen LogP contribution in [0.25, 0.3) is 0 Å². The Bertz CT molecular complexity index is 535. The number of fused-ring (bicyclic) bond motifs is 1. The summed E-state index contributed by atoms with van der Waals surface area (Å²) in [5, 5.41) is 4.75. The van der Waals surface area contributed by atoms with Gasteiger partial charge in [-0.1, -0.05) is 6.07 Å². The number of rotatable bonds is 3. The number of hydrogen-bond acceptors (Lipinski definition) is 4. The van der Waals surface area contributed by atoms with Crippen LogP contribution in [0.2, 0.25) is 0 Å². The molecule has 3 rings (SSSR count). The van der Waals surface area contributed by atoms with Crippen molar-refractivity contribution in [1.82, 2.24) is 15.3 Å². The first kappa shape index (κ1) is 11.8. The predicted octanol–water partition coefficient (Wildman–Crippen LogP) is 3.01. The van der Waals surface area contributed by atoms with Crippen molar-refractivity contribution in [2.75, 3.05) is 0 Å². The molecule has 0 fully saturated rings. The predicted molar refractivity (Wildman–Crippen MR) is 73.6 cm³/mol. The zero-order valence-corrected chi connectivity index (χ0v) is 11.3. The summed E-state index contributed by atoms with van der Waals surface area (Å²) < 4.78 is 0.